The van der Waals surface area contributed by atoms with Gasteiger partial charge in [-0.15, -0.1) is 0 Å². The molecule has 12 heteroatoms. The van der Waals surface area contributed by atoms with Crippen LogP contribution >= 0.6 is 0 Å². The van der Waals surface area contributed by atoms with Crippen molar-refractivity contribution in [3.05, 3.63) is 46.4 Å². The second-order valence-electron chi connectivity index (χ2n) is 5.98. The second-order valence-corrected chi connectivity index (χ2v) is 5.98. The number of nitrogens with zero attached hydrogens (tertiary/aromatic N) is 3. The molecule has 1 aromatic heterocycles. The molecule has 1 atom stereocenters. The number of aromatic nitrogens is 2. The van der Waals surface area contributed by atoms with E-state index in [1.165, 1.54) is 36.5 Å². The molecule has 0 amide bonds. The molecule has 1 N–H and O–H groups in total. The molecule has 3 rings (SSSR count). The largest absolute Gasteiger partial charge is 0.484 e. The van der Waals surface area contributed by atoms with Crippen LogP contribution < -0.4 is 20.5 Å². The maximum absolute atomic E-state index is 12.6. The highest BCUT2D eigenvalue weighted by Gasteiger charge is 2.28. The maximum atomic E-state index is 12.6. The summed E-state index contributed by atoms with van der Waals surface area (Å²) in [6.45, 7) is -2.07. The first-order chi connectivity index (χ1) is 13.7. The molecule has 0 spiro atoms. The van der Waals surface area contributed by atoms with Crippen molar-refractivity contribution in [1.82, 2.24) is 15.0 Å². The number of hydrazone groups is 1. The standard InChI is InChI=1S/C17H15F5N4O3/c18-14(19)8-28-16-25-13(10-6-23-24-7-10)5-15(27)26(16)11-1-3-12(4-2-11)29-9-17(20,21)22/h1-6,10,14,24H,7-9H2. The van der Waals surface area contributed by atoms with Gasteiger partial charge in [-0.2, -0.15) is 18.3 Å². The normalized spacial score (nSPS) is 16.1. The Bertz CT molecular complexity index is 928. The number of halogens is 5. The number of hydrogen-bond donors (Lipinski definition) is 1. The lowest BCUT2D eigenvalue weighted by Gasteiger charge is -2.16. The first kappa shape index (κ1) is 20.6. The van der Waals surface area contributed by atoms with Crippen molar-refractivity contribution in [2.45, 2.75) is 18.5 Å². The highest BCUT2D eigenvalue weighted by Crippen LogP contribution is 2.22. The van der Waals surface area contributed by atoms with Crippen LogP contribution in [0.4, 0.5) is 22.0 Å². The third-order valence-corrected chi connectivity index (χ3v) is 3.78. The molecular formula is C17H15F5N4O3. The van der Waals surface area contributed by atoms with Crippen LogP contribution in [0.5, 0.6) is 11.8 Å². The van der Waals surface area contributed by atoms with Crippen LogP contribution in [-0.2, 0) is 0 Å². The third-order valence-electron chi connectivity index (χ3n) is 3.78. The molecule has 1 aromatic carbocycles. The average Bonchev–Trinajstić information content (AvgIpc) is 3.19. The monoisotopic (exact) mass is 418 g/mol. The van der Waals surface area contributed by atoms with Gasteiger partial charge in [-0.25, -0.2) is 18.3 Å². The topological polar surface area (TPSA) is 77.7 Å². The number of hydrogen-bond acceptors (Lipinski definition) is 6. The number of ether oxygens (including phenoxy) is 2. The number of nitrogens with one attached hydrogen (secondary N) is 1. The molecule has 1 unspecified atom stereocenters. The van der Waals surface area contributed by atoms with Gasteiger partial charge in [-0.1, -0.05) is 0 Å². The molecule has 1 aliphatic rings. The van der Waals surface area contributed by atoms with E-state index in [0.29, 0.717) is 6.54 Å². The van der Waals surface area contributed by atoms with Crippen LogP contribution in [0.25, 0.3) is 5.69 Å². The maximum Gasteiger partial charge on any atom is 0.422 e. The Morgan fingerprint density at radius 1 is 1.21 bits per heavy atom. The minimum Gasteiger partial charge on any atom is -0.484 e. The zero-order valence-electron chi connectivity index (χ0n) is 14.7. The van der Waals surface area contributed by atoms with Crippen molar-refractivity contribution in [2.75, 3.05) is 19.8 Å². The Kier molecular flexibility index (Phi) is 5.99. The molecule has 0 radical (unpaired) electrons. The summed E-state index contributed by atoms with van der Waals surface area (Å²) in [4.78, 5) is 16.8. The van der Waals surface area contributed by atoms with Gasteiger partial charge < -0.3 is 14.9 Å². The zero-order chi connectivity index (χ0) is 21.0. The van der Waals surface area contributed by atoms with Crippen LogP contribution in [-0.4, -0.2) is 48.1 Å². The van der Waals surface area contributed by atoms with Gasteiger partial charge in [0.15, 0.2) is 13.2 Å². The molecular weight excluding hydrogens is 403 g/mol. The molecule has 0 bridgehead atoms. The van der Waals surface area contributed by atoms with Gasteiger partial charge in [0.25, 0.3) is 12.0 Å². The van der Waals surface area contributed by atoms with E-state index in [-0.39, 0.29) is 29.1 Å². The Balaban J connectivity index is 1.92. The van der Waals surface area contributed by atoms with Crippen LogP contribution in [0.3, 0.4) is 0 Å². The summed E-state index contributed by atoms with van der Waals surface area (Å²) in [7, 11) is 0. The molecule has 2 heterocycles. The van der Waals surface area contributed by atoms with E-state index in [1.54, 1.807) is 0 Å². The summed E-state index contributed by atoms with van der Waals surface area (Å²) in [5.41, 5.74) is 2.54. The summed E-state index contributed by atoms with van der Waals surface area (Å²) in [6, 6.07) is 5.87. The molecule has 29 heavy (non-hydrogen) atoms. The molecule has 7 nitrogen and oxygen atoms in total. The summed E-state index contributed by atoms with van der Waals surface area (Å²) in [5.74, 6) is -0.406. The van der Waals surface area contributed by atoms with Gasteiger partial charge in [-0.05, 0) is 24.3 Å². The number of benzene rings is 1. The summed E-state index contributed by atoms with van der Waals surface area (Å²) in [5, 5.41) is 3.82. The van der Waals surface area contributed by atoms with E-state index >= 15 is 0 Å². The van der Waals surface area contributed by atoms with E-state index in [0.717, 1.165) is 4.57 Å². The predicted octanol–water partition coefficient (Wildman–Crippen LogP) is 2.49. The molecule has 0 aliphatic carbocycles. The highest BCUT2D eigenvalue weighted by atomic mass is 19.4. The van der Waals surface area contributed by atoms with Crippen molar-refractivity contribution in [3.8, 4) is 17.4 Å². The molecule has 156 valence electrons. The van der Waals surface area contributed by atoms with Gasteiger partial charge in [0.05, 0.1) is 17.3 Å². The lowest BCUT2D eigenvalue weighted by atomic mass is 10.1. The molecule has 2 aromatic rings. The Labute approximate surface area is 160 Å². The fourth-order valence-corrected chi connectivity index (χ4v) is 2.52. The van der Waals surface area contributed by atoms with E-state index in [9.17, 15) is 26.7 Å². The minimum absolute atomic E-state index is 0.0769. The Morgan fingerprint density at radius 2 is 1.93 bits per heavy atom. The van der Waals surface area contributed by atoms with Gasteiger partial charge >= 0.3 is 12.2 Å². The van der Waals surface area contributed by atoms with E-state index in [4.69, 9.17) is 4.74 Å². The molecule has 1 aliphatic heterocycles. The van der Waals surface area contributed by atoms with Crippen LogP contribution in [0, 0.1) is 0 Å². The van der Waals surface area contributed by atoms with Crippen LogP contribution in [0.15, 0.2) is 40.2 Å². The zero-order valence-corrected chi connectivity index (χ0v) is 14.7. The van der Waals surface area contributed by atoms with E-state index < -0.39 is 31.4 Å². The SMILES string of the molecule is O=c1cc(C2C=NNC2)nc(OCC(F)F)n1-c1ccc(OCC(F)(F)F)cc1. The van der Waals surface area contributed by atoms with Crippen molar-refractivity contribution in [3.63, 3.8) is 0 Å². The van der Waals surface area contributed by atoms with Crippen LogP contribution in [0.2, 0.25) is 0 Å². The van der Waals surface area contributed by atoms with Gasteiger partial charge in [0.1, 0.15) is 5.75 Å². The number of rotatable bonds is 7. The lowest BCUT2D eigenvalue weighted by molar-refractivity contribution is -0.153. The molecule has 0 saturated carbocycles. The Hall–Kier alpha value is -3.18. The second kappa shape index (κ2) is 8.45. The lowest BCUT2D eigenvalue weighted by Crippen LogP contribution is -2.25. The summed E-state index contributed by atoms with van der Waals surface area (Å²) in [6.07, 6.45) is -5.77. The van der Waals surface area contributed by atoms with Crippen molar-refractivity contribution >= 4 is 6.21 Å². The smallest absolute Gasteiger partial charge is 0.422 e. The molecule has 0 fully saturated rings. The van der Waals surface area contributed by atoms with Crippen molar-refractivity contribution < 1.29 is 31.4 Å². The average molecular weight is 418 g/mol. The highest BCUT2D eigenvalue weighted by molar-refractivity contribution is 5.68. The summed E-state index contributed by atoms with van der Waals surface area (Å²) >= 11 is 0. The van der Waals surface area contributed by atoms with Crippen LogP contribution in [0.1, 0.15) is 11.6 Å². The number of alkyl halides is 5. The fraction of sp³-hybridized carbons (Fsp3) is 0.353. The fourth-order valence-electron chi connectivity index (χ4n) is 2.52. The van der Waals surface area contributed by atoms with Gasteiger partial charge in [0.2, 0.25) is 0 Å². The quantitative estimate of drug-likeness (QED) is 0.700. The van der Waals surface area contributed by atoms with Gasteiger partial charge in [0, 0.05) is 18.8 Å². The van der Waals surface area contributed by atoms with Crippen molar-refractivity contribution in [2.24, 2.45) is 5.10 Å². The first-order valence-electron chi connectivity index (χ1n) is 8.34. The minimum atomic E-state index is -4.50. The van der Waals surface area contributed by atoms with E-state index in [1.807, 2.05) is 0 Å². The van der Waals surface area contributed by atoms with Crippen molar-refractivity contribution in [1.29, 1.82) is 0 Å². The Morgan fingerprint density at radius 3 is 2.52 bits per heavy atom. The predicted molar refractivity (Wildman–Crippen MR) is 92.1 cm³/mol. The summed E-state index contributed by atoms with van der Waals surface area (Å²) < 4.78 is 72.5. The first-order valence-corrected chi connectivity index (χ1v) is 8.34. The molecule has 0 saturated heterocycles. The van der Waals surface area contributed by atoms with E-state index in [2.05, 4.69) is 20.2 Å². The van der Waals surface area contributed by atoms with Gasteiger partial charge in [-0.3, -0.25) is 4.79 Å². The third kappa shape index (κ3) is 5.42.